The fourth-order valence-corrected chi connectivity index (χ4v) is 5.16. The number of hydrogen-bond acceptors (Lipinski definition) is 7. The van der Waals surface area contributed by atoms with Crippen LogP contribution in [0, 0.1) is 5.92 Å². The summed E-state index contributed by atoms with van der Waals surface area (Å²) in [5.74, 6) is 1.02. The molecule has 4 atom stereocenters. The van der Waals surface area contributed by atoms with Gasteiger partial charge in [-0.1, -0.05) is 18.2 Å². The first-order chi connectivity index (χ1) is 13.2. The molecule has 0 spiro atoms. The van der Waals surface area contributed by atoms with Gasteiger partial charge in [0.05, 0.1) is 12.0 Å². The Morgan fingerprint density at radius 3 is 2.96 bits per heavy atom. The molecule has 0 radical (unpaired) electrons. The van der Waals surface area contributed by atoms with E-state index in [9.17, 15) is 4.79 Å². The normalized spacial score (nSPS) is 32.5. The second-order valence-corrected chi connectivity index (χ2v) is 7.66. The summed E-state index contributed by atoms with van der Waals surface area (Å²) >= 11 is 5.45. The lowest BCUT2D eigenvalue weighted by molar-refractivity contribution is -0.137. The van der Waals surface area contributed by atoms with Crippen molar-refractivity contribution in [3.8, 4) is 11.5 Å². The van der Waals surface area contributed by atoms with Crippen molar-refractivity contribution in [1.82, 2.24) is 4.90 Å². The highest BCUT2D eigenvalue weighted by Gasteiger charge is 2.55. The third-order valence-electron chi connectivity index (χ3n) is 5.93. The maximum Gasteiger partial charge on any atom is 0.317 e. The highest BCUT2D eigenvalue weighted by Crippen LogP contribution is 2.52. The van der Waals surface area contributed by atoms with Crippen LogP contribution in [0.5, 0.6) is 11.5 Å². The van der Waals surface area contributed by atoms with Crippen molar-refractivity contribution in [3.63, 3.8) is 0 Å². The quantitative estimate of drug-likeness (QED) is 0.552. The van der Waals surface area contributed by atoms with E-state index in [-0.39, 0.29) is 36.8 Å². The van der Waals surface area contributed by atoms with Gasteiger partial charge in [0, 0.05) is 18.3 Å². The number of fused-ring (bicyclic) bond motifs is 6. The molecule has 0 aliphatic carbocycles. The van der Waals surface area contributed by atoms with Crippen molar-refractivity contribution in [2.75, 3.05) is 6.79 Å². The highest BCUT2D eigenvalue weighted by molar-refractivity contribution is 7.80. The SMILES string of the molecule is O=C1OC(=S)C2[C@H]1CC=C1C3=CCC=NC3[C@@H](c3ccc4c(c3)OCO4)N12. The summed E-state index contributed by atoms with van der Waals surface area (Å²) in [5, 5.41) is 0.365. The number of hydrogen-bond donors (Lipinski definition) is 0. The van der Waals surface area contributed by atoms with Gasteiger partial charge in [0.2, 0.25) is 6.79 Å². The maximum atomic E-state index is 12.3. The summed E-state index contributed by atoms with van der Waals surface area (Å²) in [7, 11) is 0. The van der Waals surface area contributed by atoms with Crippen LogP contribution in [-0.4, -0.2) is 41.0 Å². The molecule has 6 rings (SSSR count). The molecule has 0 amide bonds. The third kappa shape index (κ3) is 2.03. The fraction of sp³-hybridized carbons (Fsp3) is 0.350. The molecule has 2 saturated heterocycles. The van der Waals surface area contributed by atoms with Gasteiger partial charge < -0.3 is 19.1 Å². The zero-order chi connectivity index (χ0) is 18.1. The van der Waals surface area contributed by atoms with Crippen LogP contribution in [0.25, 0.3) is 0 Å². The summed E-state index contributed by atoms with van der Waals surface area (Å²) < 4.78 is 16.4. The molecule has 136 valence electrons. The number of benzene rings is 1. The largest absolute Gasteiger partial charge is 0.454 e. The monoisotopic (exact) mass is 380 g/mol. The first-order valence-corrected chi connectivity index (χ1v) is 9.49. The topological polar surface area (TPSA) is 60.4 Å². The molecule has 2 unspecified atom stereocenters. The van der Waals surface area contributed by atoms with E-state index in [0.29, 0.717) is 11.5 Å². The Morgan fingerprint density at radius 1 is 1.15 bits per heavy atom. The van der Waals surface area contributed by atoms with E-state index in [1.54, 1.807) is 0 Å². The number of cyclic esters (lactones) is 1. The van der Waals surface area contributed by atoms with Gasteiger partial charge in [-0.05, 0) is 41.9 Å². The zero-order valence-electron chi connectivity index (χ0n) is 14.3. The van der Waals surface area contributed by atoms with Crippen LogP contribution in [-0.2, 0) is 9.53 Å². The van der Waals surface area contributed by atoms with E-state index < -0.39 is 0 Å². The van der Waals surface area contributed by atoms with E-state index >= 15 is 0 Å². The summed E-state index contributed by atoms with van der Waals surface area (Å²) in [6.45, 7) is 0.238. The molecule has 0 aromatic heterocycles. The predicted octanol–water partition coefficient (Wildman–Crippen LogP) is 2.70. The lowest BCUT2D eigenvalue weighted by Gasteiger charge is -2.37. The first kappa shape index (κ1) is 15.4. The molecule has 5 heterocycles. The summed E-state index contributed by atoms with van der Waals surface area (Å²) in [6, 6.07) is 5.68. The maximum absolute atomic E-state index is 12.3. The third-order valence-corrected chi connectivity index (χ3v) is 6.25. The molecule has 0 bridgehead atoms. The van der Waals surface area contributed by atoms with Crippen LogP contribution in [0.4, 0.5) is 0 Å². The summed E-state index contributed by atoms with van der Waals surface area (Å²) in [6.07, 6.45) is 7.79. The van der Waals surface area contributed by atoms with Crippen LogP contribution in [0.2, 0.25) is 0 Å². The van der Waals surface area contributed by atoms with E-state index in [0.717, 1.165) is 29.2 Å². The van der Waals surface area contributed by atoms with Crippen molar-refractivity contribution in [1.29, 1.82) is 0 Å². The molecule has 7 heteroatoms. The second kappa shape index (κ2) is 5.42. The van der Waals surface area contributed by atoms with Crippen molar-refractivity contribution >= 4 is 29.5 Å². The predicted molar refractivity (Wildman–Crippen MR) is 101 cm³/mol. The standard InChI is InChI=1S/C20H16N2O4S/c23-19-12-4-5-13-11-2-1-7-21-16(11)17(22(13)18(12)20(27)26-19)10-3-6-14-15(8-10)25-9-24-14/h2-3,5-8,12,16-18H,1,4,9H2/t12-,16?,17-,18?/m1/s1. The van der Waals surface area contributed by atoms with Gasteiger partial charge >= 0.3 is 5.97 Å². The van der Waals surface area contributed by atoms with Gasteiger partial charge in [0.15, 0.2) is 16.5 Å². The van der Waals surface area contributed by atoms with Gasteiger partial charge in [0.1, 0.15) is 12.1 Å². The van der Waals surface area contributed by atoms with Crippen molar-refractivity contribution < 1.29 is 19.0 Å². The van der Waals surface area contributed by atoms with Gasteiger partial charge in [-0.25, -0.2) is 0 Å². The average Bonchev–Trinajstić information content (AvgIpc) is 3.35. The molecule has 1 aromatic carbocycles. The number of nitrogens with zero attached hydrogens (tertiary/aromatic N) is 2. The Hall–Kier alpha value is -2.67. The number of aliphatic imine (C=N–C) groups is 1. The van der Waals surface area contributed by atoms with Crippen molar-refractivity contribution in [2.45, 2.75) is 31.0 Å². The highest BCUT2D eigenvalue weighted by atomic mass is 32.1. The number of esters is 1. The molecular formula is C20H16N2O4S. The number of carbonyl (C=O) groups excluding carboxylic acids is 1. The number of ether oxygens (including phenoxy) is 3. The Bertz CT molecular complexity index is 982. The van der Waals surface area contributed by atoms with Crippen LogP contribution in [0.1, 0.15) is 24.4 Å². The van der Waals surface area contributed by atoms with Gasteiger partial charge in [-0.3, -0.25) is 9.79 Å². The molecule has 0 saturated carbocycles. The molecule has 2 fully saturated rings. The lowest BCUT2D eigenvalue weighted by atomic mass is 9.91. The minimum atomic E-state index is -0.248. The van der Waals surface area contributed by atoms with Crippen LogP contribution < -0.4 is 9.47 Å². The zero-order valence-corrected chi connectivity index (χ0v) is 15.1. The summed E-state index contributed by atoms with van der Waals surface area (Å²) in [4.78, 5) is 19.3. The second-order valence-electron chi connectivity index (χ2n) is 7.25. The average molecular weight is 380 g/mol. The number of rotatable bonds is 1. The van der Waals surface area contributed by atoms with Crippen molar-refractivity contribution in [2.24, 2.45) is 10.9 Å². The Balaban J connectivity index is 1.52. The molecule has 27 heavy (non-hydrogen) atoms. The molecule has 1 aromatic rings. The molecule has 5 aliphatic heterocycles. The van der Waals surface area contributed by atoms with Gasteiger partial charge in [-0.2, -0.15) is 0 Å². The van der Waals surface area contributed by atoms with Crippen LogP contribution >= 0.6 is 12.2 Å². The van der Waals surface area contributed by atoms with Crippen molar-refractivity contribution in [3.05, 3.63) is 47.2 Å². The minimum absolute atomic E-state index is 0.0253. The Morgan fingerprint density at radius 2 is 2.04 bits per heavy atom. The smallest absolute Gasteiger partial charge is 0.317 e. The molecule has 0 N–H and O–H groups in total. The summed E-state index contributed by atoms with van der Waals surface area (Å²) in [5.41, 5.74) is 3.41. The van der Waals surface area contributed by atoms with Gasteiger partial charge in [0.25, 0.3) is 0 Å². The molecule has 5 aliphatic rings. The first-order valence-electron chi connectivity index (χ1n) is 9.08. The number of dihydropyridines is 1. The van der Waals surface area contributed by atoms with Crippen LogP contribution in [0.3, 0.4) is 0 Å². The van der Waals surface area contributed by atoms with Gasteiger partial charge in [-0.15, -0.1) is 0 Å². The number of thiocarbonyl (C=S) groups is 1. The lowest BCUT2D eigenvalue weighted by Crippen LogP contribution is -2.44. The fourth-order valence-electron chi connectivity index (χ4n) is 4.80. The van der Waals surface area contributed by atoms with Crippen LogP contribution in [0.15, 0.2) is 46.6 Å². The Kier molecular flexibility index (Phi) is 3.09. The van der Waals surface area contributed by atoms with E-state index in [4.69, 9.17) is 31.4 Å². The number of carbonyl (C=O) groups is 1. The molecule has 6 nitrogen and oxygen atoms in total. The van der Waals surface area contributed by atoms with E-state index in [1.165, 1.54) is 5.57 Å². The molecular weight excluding hydrogens is 364 g/mol. The van der Waals surface area contributed by atoms with E-state index in [2.05, 4.69) is 17.1 Å². The van der Waals surface area contributed by atoms with E-state index in [1.807, 2.05) is 24.4 Å². The Labute approximate surface area is 161 Å². The minimum Gasteiger partial charge on any atom is -0.454 e. The number of allylic oxidation sites excluding steroid dienone is 2.